The molecule has 1 amide bonds. The largest absolute Gasteiger partial charge is 0.348 e. The minimum absolute atomic E-state index is 0.124. The molecule has 0 bridgehead atoms. The van der Waals surface area contributed by atoms with E-state index in [1.165, 1.54) is 6.07 Å². The standard InChI is InChI=1S/C20H17FN2O/c21-17-10-5-4-9-16(17)20(24)23-14-13-22-12-6-11-18(22)19(23)15-7-2-1-3-8-15/h1-12,19H,13-14H2. The van der Waals surface area contributed by atoms with Crippen LogP contribution in [0.4, 0.5) is 4.39 Å². The van der Waals surface area contributed by atoms with E-state index in [0.717, 1.165) is 11.3 Å². The van der Waals surface area contributed by atoms with E-state index in [-0.39, 0.29) is 17.5 Å². The second-order valence-electron chi connectivity index (χ2n) is 5.92. The average molecular weight is 320 g/mol. The van der Waals surface area contributed by atoms with E-state index in [1.54, 1.807) is 23.1 Å². The molecule has 3 aromatic rings. The van der Waals surface area contributed by atoms with Crippen LogP contribution in [0.2, 0.25) is 0 Å². The summed E-state index contributed by atoms with van der Waals surface area (Å²) in [7, 11) is 0. The number of carbonyl (C=O) groups is 1. The van der Waals surface area contributed by atoms with Crippen molar-refractivity contribution in [2.24, 2.45) is 0 Å². The van der Waals surface area contributed by atoms with Crippen LogP contribution in [0.5, 0.6) is 0 Å². The first-order valence-electron chi connectivity index (χ1n) is 8.01. The summed E-state index contributed by atoms with van der Waals surface area (Å²) >= 11 is 0. The molecule has 0 saturated heterocycles. The Balaban J connectivity index is 1.80. The van der Waals surface area contributed by atoms with Crippen LogP contribution >= 0.6 is 0 Å². The Bertz CT molecular complexity index is 872. The molecule has 0 fully saturated rings. The molecule has 4 heteroatoms. The summed E-state index contributed by atoms with van der Waals surface area (Å²) in [6, 6.07) is 19.9. The summed E-state index contributed by atoms with van der Waals surface area (Å²) in [5.74, 6) is -0.746. The molecular formula is C20H17FN2O. The first-order chi connectivity index (χ1) is 11.8. The van der Waals surface area contributed by atoms with Crippen molar-refractivity contribution in [2.75, 3.05) is 6.54 Å². The minimum Gasteiger partial charge on any atom is -0.348 e. The van der Waals surface area contributed by atoms with Crippen molar-refractivity contribution in [2.45, 2.75) is 12.6 Å². The molecule has 1 aromatic heterocycles. The van der Waals surface area contributed by atoms with Gasteiger partial charge in [-0.15, -0.1) is 0 Å². The number of hydrogen-bond acceptors (Lipinski definition) is 1. The van der Waals surface area contributed by atoms with Crippen LogP contribution < -0.4 is 0 Å². The van der Waals surface area contributed by atoms with Crippen LogP contribution in [0, 0.1) is 5.82 Å². The number of nitrogens with zero attached hydrogens (tertiary/aromatic N) is 2. The average Bonchev–Trinajstić information content (AvgIpc) is 3.10. The van der Waals surface area contributed by atoms with Gasteiger partial charge in [-0.2, -0.15) is 0 Å². The fraction of sp³-hybridized carbons (Fsp3) is 0.150. The van der Waals surface area contributed by atoms with Gasteiger partial charge in [0.1, 0.15) is 5.82 Å². The highest BCUT2D eigenvalue weighted by atomic mass is 19.1. The van der Waals surface area contributed by atoms with E-state index < -0.39 is 5.82 Å². The lowest BCUT2D eigenvalue weighted by atomic mass is 9.99. The van der Waals surface area contributed by atoms with Crippen LogP contribution in [-0.4, -0.2) is 21.9 Å². The molecule has 4 rings (SSSR count). The van der Waals surface area contributed by atoms with E-state index in [2.05, 4.69) is 4.57 Å². The van der Waals surface area contributed by atoms with Gasteiger partial charge in [0.15, 0.2) is 0 Å². The van der Waals surface area contributed by atoms with Crippen LogP contribution in [0.1, 0.15) is 27.7 Å². The van der Waals surface area contributed by atoms with Crippen molar-refractivity contribution in [1.29, 1.82) is 0 Å². The summed E-state index contributed by atoms with van der Waals surface area (Å²) < 4.78 is 16.3. The van der Waals surface area contributed by atoms with Crippen LogP contribution in [0.15, 0.2) is 72.9 Å². The monoisotopic (exact) mass is 320 g/mol. The maximum Gasteiger partial charge on any atom is 0.257 e. The van der Waals surface area contributed by atoms with Gasteiger partial charge in [-0.05, 0) is 29.8 Å². The number of hydrogen-bond donors (Lipinski definition) is 0. The van der Waals surface area contributed by atoms with Crippen molar-refractivity contribution >= 4 is 5.91 Å². The first kappa shape index (κ1) is 14.7. The molecule has 1 aliphatic heterocycles. The third kappa shape index (κ3) is 2.40. The molecule has 1 atom stereocenters. The molecule has 3 nitrogen and oxygen atoms in total. The zero-order valence-corrected chi connectivity index (χ0v) is 13.1. The van der Waals surface area contributed by atoms with Crippen LogP contribution in [0.3, 0.4) is 0 Å². The van der Waals surface area contributed by atoms with Gasteiger partial charge in [-0.3, -0.25) is 4.79 Å². The molecule has 0 saturated carbocycles. The number of halogens is 1. The van der Waals surface area contributed by atoms with Gasteiger partial charge in [0.25, 0.3) is 5.91 Å². The molecule has 1 unspecified atom stereocenters. The molecular weight excluding hydrogens is 303 g/mol. The summed E-state index contributed by atoms with van der Waals surface area (Å²) in [5, 5.41) is 0. The minimum atomic E-state index is -0.477. The smallest absolute Gasteiger partial charge is 0.257 e. The second-order valence-corrected chi connectivity index (χ2v) is 5.92. The zero-order valence-electron chi connectivity index (χ0n) is 13.1. The lowest BCUT2D eigenvalue weighted by Crippen LogP contribution is -2.42. The Morgan fingerprint density at radius 1 is 0.917 bits per heavy atom. The van der Waals surface area contributed by atoms with E-state index in [1.807, 2.05) is 48.7 Å². The molecule has 0 radical (unpaired) electrons. The number of amides is 1. The van der Waals surface area contributed by atoms with E-state index in [9.17, 15) is 9.18 Å². The highest BCUT2D eigenvalue weighted by Gasteiger charge is 2.33. The lowest BCUT2D eigenvalue weighted by Gasteiger charge is -2.37. The van der Waals surface area contributed by atoms with E-state index >= 15 is 0 Å². The van der Waals surface area contributed by atoms with Crippen molar-refractivity contribution < 1.29 is 9.18 Å². The zero-order chi connectivity index (χ0) is 16.5. The van der Waals surface area contributed by atoms with Gasteiger partial charge < -0.3 is 9.47 Å². The molecule has 2 heterocycles. The Morgan fingerprint density at radius 3 is 2.46 bits per heavy atom. The third-order valence-electron chi connectivity index (χ3n) is 4.52. The molecule has 2 aromatic carbocycles. The SMILES string of the molecule is O=C(c1ccccc1F)N1CCn2cccc2C1c1ccccc1. The van der Waals surface area contributed by atoms with Crippen molar-refractivity contribution in [3.8, 4) is 0 Å². The van der Waals surface area contributed by atoms with Crippen molar-refractivity contribution in [3.05, 3.63) is 95.6 Å². The number of carbonyl (C=O) groups excluding carboxylic acids is 1. The highest BCUT2D eigenvalue weighted by Crippen LogP contribution is 2.33. The molecule has 0 spiro atoms. The Labute approximate surface area is 140 Å². The van der Waals surface area contributed by atoms with Gasteiger partial charge in [0.2, 0.25) is 0 Å². The van der Waals surface area contributed by atoms with Gasteiger partial charge in [0.05, 0.1) is 11.6 Å². The first-order valence-corrected chi connectivity index (χ1v) is 8.01. The van der Waals surface area contributed by atoms with Gasteiger partial charge in [-0.25, -0.2) is 4.39 Å². The number of rotatable bonds is 2. The predicted molar refractivity (Wildman–Crippen MR) is 90.2 cm³/mol. The van der Waals surface area contributed by atoms with Gasteiger partial charge in [-0.1, -0.05) is 42.5 Å². The third-order valence-corrected chi connectivity index (χ3v) is 4.52. The molecule has 120 valence electrons. The maximum absolute atomic E-state index is 14.1. The Kier molecular flexibility index (Phi) is 3.65. The Hall–Kier alpha value is -2.88. The quantitative estimate of drug-likeness (QED) is 0.703. The summed E-state index contributed by atoms with van der Waals surface area (Å²) in [5.41, 5.74) is 2.21. The number of fused-ring (bicyclic) bond motifs is 1. The maximum atomic E-state index is 14.1. The summed E-state index contributed by atoms with van der Waals surface area (Å²) in [6.45, 7) is 1.26. The van der Waals surface area contributed by atoms with Gasteiger partial charge >= 0.3 is 0 Å². The topological polar surface area (TPSA) is 25.2 Å². The van der Waals surface area contributed by atoms with Crippen molar-refractivity contribution in [3.63, 3.8) is 0 Å². The highest BCUT2D eigenvalue weighted by molar-refractivity contribution is 5.95. The molecule has 24 heavy (non-hydrogen) atoms. The normalized spacial score (nSPS) is 16.7. The molecule has 0 aliphatic carbocycles. The van der Waals surface area contributed by atoms with E-state index in [4.69, 9.17) is 0 Å². The van der Waals surface area contributed by atoms with Crippen molar-refractivity contribution in [1.82, 2.24) is 9.47 Å². The molecule has 0 N–H and O–H groups in total. The van der Waals surface area contributed by atoms with Crippen LogP contribution in [-0.2, 0) is 6.54 Å². The lowest BCUT2D eigenvalue weighted by molar-refractivity contribution is 0.0659. The van der Waals surface area contributed by atoms with E-state index in [0.29, 0.717) is 13.1 Å². The number of benzene rings is 2. The Morgan fingerprint density at radius 2 is 1.67 bits per heavy atom. The van der Waals surface area contributed by atoms with Gasteiger partial charge in [0, 0.05) is 25.0 Å². The number of aromatic nitrogens is 1. The molecule has 1 aliphatic rings. The fourth-order valence-electron chi connectivity index (χ4n) is 3.38. The summed E-state index contributed by atoms with van der Waals surface area (Å²) in [6.07, 6.45) is 2.02. The fourth-order valence-corrected chi connectivity index (χ4v) is 3.38. The predicted octanol–water partition coefficient (Wildman–Crippen LogP) is 3.87. The second kappa shape index (κ2) is 5.96. The summed E-state index contributed by atoms with van der Waals surface area (Å²) in [4.78, 5) is 14.8. The van der Waals surface area contributed by atoms with Crippen LogP contribution in [0.25, 0.3) is 0 Å².